The van der Waals surface area contributed by atoms with E-state index in [1.54, 1.807) is 7.11 Å². The van der Waals surface area contributed by atoms with E-state index in [9.17, 15) is 4.79 Å². The summed E-state index contributed by atoms with van der Waals surface area (Å²) in [6.07, 6.45) is 4.90. The van der Waals surface area contributed by atoms with Crippen LogP contribution in [-0.4, -0.2) is 26.1 Å². The maximum absolute atomic E-state index is 11.5. The van der Waals surface area contributed by atoms with Crippen LogP contribution >= 0.6 is 0 Å². The highest BCUT2D eigenvalue weighted by Gasteiger charge is 2.01. The number of amides is 1. The Hall–Kier alpha value is -1.81. The second kappa shape index (κ2) is 8.31. The lowest BCUT2D eigenvalue weighted by Gasteiger charge is -2.04. The summed E-state index contributed by atoms with van der Waals surface area (Å²) in [4.78, 5) is 11.5. The number of ether oxygens (including phenoxy) is 1. The Kier molecular flexibility index (Phi) is 6.58. The molecule has 1 aromatic carbocycles. The van der Waals surface area contributed by atoms with Crippen LogP contribution in [0.25, 0.3) is 0 Å². The number of hydrogen-bond donors (Lipinski definition) is 2. The van der Waals surface area contributed by atoms with Crippen LogP contribution in [0.2, 0.25) is 0 Å². The molecule has 1 aromatic rings. The van der Waals surface area contributed by atoms with E-state index in [-0.39, 0.29) is 5.91 Å². The summed E-state index contributed by atoms with van der Waals surface area (Å²) in [7, 11) is 1.64. The van der Waals surface area contributed by atoms with Gasteiger partial charge >= 0.3 is 0 Å². The lowest BCUT2D eigenvalue weighted by molar-refractivity contribution is -0.120. The first kappa shape index (κ1) is 14.3. The molecule has 0 heterocycles. The molecule has 0 aliphatic carbocycles. The largest absolute Gasteiger partial charge is 0.497 e. The van der Waals surface area contributed by atoms with Crippen molar-refractivity contribution in [1.29, 1.82) is 0 Å². The number of carbonyl (C=O) groups is 1. The fourth-order valence-corrected chi connectivity index (χ4v) is 1.49. The molecule has 0 spiro atoms. The van der Waals surface area contributed by atoms with Crippen LogP contribution in [0.5, 0.6) is 5.75 Å². The van der Waals surface area contributed by atoms with Gasteiger partial charge in [-0.25, -0.2) is 0 Å². The summed E-state index contributed by atoms with van der Waals surface area (Å²) in [6, 6.07) is 7.75. The van der Waals surface area contributed by atoms with Gasteiger partial charge in [-0.3, -0.25) is 4.79 Å². The highest BCUT2D eigenvalue weighted by atomic mass is 16.5. The molecule has 0 atom stereocenters. The SMILES string of the molecule is COc1ccc(CCC(=O)NC/C=C/CN)cc1. The molecule has 0 fully saturated rings. The highest BCUT2D eigenvalue weighted by molar-refractivity contribution is 5.76. The summed E-state index contributed by atoms with van der Waals surface area (Å²) in [6.45, 7) is 1.04. The van der Waals surface area contributed by atoms with Gasteiger partial charge in [0, 0.05) is 19.5 Å². The lowest BCUT2D eigenvalue weighted by Crippen LogP contribution is -2.23. The van der Waals surface area contributed by atoms with Crippen molar-refractivity contribution in [1.82, 2.24) is 5.32 Å². The van der Waals surface area contributed by atoms with Crippen LogP contribution in [0.15, 0.2) is 36.4 Å². The quantitative estimate of drug-likeness (QED) is 0.714. The predicted octanol–water partition coefficient (Wildman–Crippen LogP) is 1.26. The molecule has 1 rings (SSSR count). The van der Waals surface area contributed by atoms with E-state index in [1.165, 1.54) is 0 Å². The number of carbonyl (C=O) groups excluding carboxylic acids is 1. The number of rotatable bonds is 7. The van der Waals surface area contributed by atoms with Gasteiger partial charge in [-0.1, -0.05) is 24.3 Å². The molecular formula is C14H20N2O2. The Bertz CT molecular complexity index is 385. The highest BCUT2D eigenvalue weighted by Crippen LogP contribution is 2.12. The van der Waals surface area contributed by atoms with Crippen LogP contribution in [-0.2, 0) is 11.2 Å². The van der Waals surface area contributed by atoms with E-state index >= 15 is 0 Å². The monoisotopic (exact) mass is 248 g/mol. The van der Waals surface area contributed by atoms with Gasteiger partial charge in [0.25, 0.3) is 0 Å². The van der Waals surface area contributed by atoms with E-state index in [1.807, 2.05) is 36.4 Å². The maximum atomic E-state index is 11.5. The van der Waals surface area contributed by atoms with E-state index in [2.05, 4.69) is 5.32 Å². The van der Waals surface area contributed by atoms with Gasteiger partial charge in [0.2, 0.25) is 5.91 Å². The molecule has 4 heteroatoms. The smallest absolute Gasteiger partial charge is 0.220 e. The molecule has 3 N–H and O–H groups in total. The van der Waals surface area contributed by atoms with Crippen molar-refractivity contribution >= 4 is 5.91 Å². The molecular weight excluding hydrogens is 228 g/mol. The third-order valence-corrected chi connectivity index (χ3v) is 2.52. The van der Waals surface area contributed by atoms with Crippen molar-refractivity contribution in [2.24, 2.45) is 5.73 Å². The molecule has 0 bridgehead atoms. The van der Waals surface area contributed by atoms with Crippen molar-refractivity contribution in [3.05, 3.63) is 42.0 Å². The first-order chi connectivity index (χ1) is 8.76. The number of hydrogen-bond acceptors (Lipinski definition) is 3. The van der Waals surface area contributed by atoms with E-state index in [0.29, 0.717) is 19.5 Å². The molecule has 0 radical (unpaired) electrons. The first-order valence-electron chi connectivity index (χ1n) is 6.01. The summed E-state index contributed by atoms with van der Waals surface area (Å²) in [5.74, 6) is 0.877. The zero-order valence-corrected chi connectivity index (χ0v) is 10.7. The summed E-state index contributed by atoms with van der Waals surface area (Å²) in [5, 5.41) is 2.80. The number of benzene rings is 1. The van der Waals surface area contributed by atoms with Crippen LogP contribution in [0.1, 0.15) is 12.0 Å². The standard InChI is InChI=1S/C14H20N2O2/c1-18-13-7-4-12(5-8-13)6-9-14(17)16-11-3-2-10-15/h2-5,7-8H,6,9-11,15H2,1H3,(H,16,17)/b3-2+. The Balaban J connectivity index is 2.26. The van der Waals surface area contributed by atoms with Crippen molar-refractivity contribution in [2.75, 3.05) is 20.2 Å². The molecule has 0 aliphatic rings. The average Bonchev–Trinajstić information content (AvgIpc) is 2.42. The first-order valence-corrected chi connectivity index (χ1v) is 6.01. The van der Waals surface area contributed by atoms with Crippen LogP contribution < -0.4 is 15.8 Å². The third-order valence-electron chi connectivity index (χ3n) is 2.52. The van der Waals surface area contributed by atoms with Gasteiger partial charge in [0.15, 0.2) is 0 Å². The van der Waals surface area contributed by atoms with Crippen molar-refractivity contribution in [2.45, 2.75) is 12.8 Å². The minimum absolute atomic E-state index is 0.0486. The fourth-order valence-electron chi connectivity index (χ4n) is 1.49. The molecule has 0 unspecified atom stereocenters. The Morgan fingerprint density at radius 2 is 2.06 bits per heavy atom. The molecule has 0 aromatic heterocycles. The molecule has 98 valence electrons. The van der Waals surface area contributed by atoms with Gasteiger partial charge in [-0.15, -0.1) is 0 Å². The number of methoxy groups -OCH3 is 1. The molecule has 4 nitrogen and oxygen atoms in total. The van der Waals surface area contributed by atoms with Crippen molar-refractivity contribution < 1.29 is 9.53 Å². The molecule has 18 heavy (non-hydrogen) atoms. The maximum Gasteiger partial charge on any atom is 0.220 e. The van der Waals surface area contributed by atoms with Gasteiger partial charge < -0.3 is 15.8 Å². The second-order valence-electron chi connectivity index (χ2n) is 3.86. The second-order valence-corrected chi connectivity index (χ2v) is 3.86. The molecule has 0 saturated carbocycles. The van der Waals surface area contributed by atoms with Gasteiger partial charge in [-0.2, -0.15) is 0 Å². The fraction of sp³-hybridized carbons (Fsp3) is 0.357. The van der Waals surface area contributed by atoms with Crippen LogP contribution in [0, 0.1) is 0 Å². The van der Waals surface area contributed by atoms with Crippen molar-refractivity contribution in [3.63, 3.8) is 0 Å². The minimum Gasteiger partial charge on any atom is -0.497 e. The van der Waals surface area contributed by atoms with Crippen LogP contribution in [0.4, 0.5) is 0 Å². The summed E-state index contributed by atoms with van der Waals surface area (Å²) < 4.78 is 5.07. The topological polar surface area (TPSA) is 64.3 Å². The van der Waals surface area contributed by atoms with Crippen molar-refractivity contribution in [3.8, 4) is 5.75 Å². The summed E-state index contributed by atoms with van der Waals surface area (Å²) in [5.41, 5.74) is 6.42. The van der Waals surface area contributed by atoms with E-state index < -0.39 is 0 Å². The predicted molar refractivity (Wildman–Crippen MR) is 72.5 cm³/mol. The molecule has 1 amide bonds. The number of aryl methyl sites for hydroxylation is 1. The Labute approximate surface area is 108 Å². The molecule has 0 aliphatic heterocycles. The zero-order valence-electron chi connectivity index (χ0n) is 10.7. The third kappa shape index (κ3) is 5.50. The van der Waals surface area contributed by atoms with Crippen LogP contribution in [0.3, 0.4) is 0 Å². The van der Waals surface area contributed by atoms with E-state index in [4.69, 9.17) is 10.5 Å². The normalized spacial score (nSPS) is 10.6. The Morgan fingerprint density at radius 1 is 1.33 bits per heavy atom. The number of nitrogens with one attached hydrogen (secondary N) is 1. The Morgan fingerprint density at radius 3 is 2.67 bits per heavy atom. The van der Waals surface area contributed by atoms with Gasteiger partial charge in [0.1, 0.15) is 5.75 Å². The van der Waals surface area contributed by atoms with Gasteiger partial charge in [0.05, 0.1) is 7.11 Å². The summed E-state index contributed by atoms with van der Waals surface area (Å²) >= 11 is 0. The van der Waals surface area contributed by atoms with Gasteiger partial charge in [-0.05, 0) is 24.1 Å². The average molecular weight is 248 g/mol. The molecule has 0 saturated heterocycles. The number of nitrogens with two attached hydrogens (primary N) is 1. The zero-order chi connectivity index (χ0) is 13.2. The lowest BCUT2D eigenvalue weighted by atomic mass is 10.1. The van der Waals surface area contributed by atoms with E-state index in [0.717, 1.165) is 17.7 Å². The minimum atomic E-state index is 0.0486.